The van der Waals surface area contributed by atoms with Gasteiger partial charge in [0.15, 0.2) is 10.8 Å². The van der Waals surface area contributed by atoms with Crippen LogP contribution in [-0.4, -0.2) is 49.6 Å². The highest BCUT2D eigenvalue weighted by Crippen LogP contribution is 2.41. The molecule has 1 aromatic carbocycles. The number of aromatic nitrogens is 5. The molecule has 4 heterocycles. The van der Waals surface area contributed by atoms with Crippen molar-refractivity contribution in [2.24, 2.45) is 0 Å². The van der Waals surface area contributed by atoms with E-state index in [0.717, 1.165) is 41.9 Å². The van der Waals surface area contributed by atoms with E-state index in [-0.39, 0.29) is 36.4 Å². The third kappa shape index (κ3) is 4.97. The van der Waals surface area contributed by atoms with Crippen molar-refractivity contribution in [3.8, 4) is 11.3 Å². The molecule has 2 aliphatic rings. The lowest BCUT2D eigenvalue weighted by molar-refractivity contribution is -0.137. The molecule has 1 aliphatic heterocycles. The number of aliphatic hydroxyl groups excluding tert-OH is 1. The molecular formula is C25H24F4N6O2S. The van der Waals surface area contributed by atoms with Gasteiger partial charge in [-0.25, -0.2) is 14.4 Å². The lowest BCUT2D eigenvalue weighted by Gasteiger charge is -2.28. The van der Waals surface area contributed by atoms with E-state index in [1.165, 1.54) is 0 Å². The first kappa shape index (κ1) is 25.1. The van der Waals surface area contributed by atoms with Gasteiger partial charge in [-0.05, 0) is 43.9 Å². The number of nitrogens with one attached hydrogen (secondary N) is 1. The number of nitrogens with zero attached hydrogens (tertiary/aromatic N) is 5. The fourth-order valence-corrected chi connectivity index (χ4v) is 5.58. The molecule has 13 heteroatoms. The molecule has 1 saturated heterocycles. The summed E-state index contributed by atoms with van der Waals surface area (Å²) in [4.78, 5) is 13.9. The first-order valence-electron chi connectivity index (χ1n) is 12.4. The fourth-order valence-electron chi connectivity index (χ4n) is 4.65. The Morgan fingerprint density at radius 2 is 2.00 bits per heavy atom. The highest BCUT2D eigenvalue weighted by Gasteiger charge is 2.33. The standard InChI is InChI=1S/C25H24F4N6O2S/c26-18-10-15(25(27,28)29)1-4-17(18)20-21-23(34-24(38-21)30-6-7-36)33-22(32-20)13-5-8-37-19(9-13)14-11-31-35(12-14)16-2-3-16/h1,4,10-13,16,19,36H,2-3,5-9H2,(H,30,32,33,34)/t13-,19+/m0/s1. The summed E-state index contributed by atoms with van der Waals surface area (Å²) in [5, 5.41) is 17.0. The number of rotatable bonds is 7. The van der Waals surface area contributed by atoms with Gasteiger partial charge >= 0.3 is 6.18 Å². The maximum Gasteiger partial charge on any atom is 0.416 e. The molecular weight excluding hydrogens is 524 g/mol. The van der Waals surface area contributed by atoms with Crippen LogP contribution in [0.5, 0.6) is 0 Å². The van der Waals surface area contributed by atoms with Crippen molar-refractivity contribution in [3.63, 3.8) is 0 Å². The van der Waals surface area contributed by atoms with Gasteiger partial charge in [0.2, 0.25) is 0 Å². The molecule has 2 fully saturated rings. The van der Waals surface area contributed by atoms with E-state index in [1.54, 1.807) is 0 Å². The lowest BCUT2D eigenvalue weighted by Crippen LogP contribution is -2.20. The molecule has 0 amide bonds. The van der Waals surface area contributed by atoms with E-state index in [9.17, 15) is 13.2 Å². The summed E-state index contributed by atoms with van der Waals surface area (Å²) in [6.45, 7) is 0.601. The average molecular weight is 549 g/mol. The largest absolute Gasteiger partial charge is 0.416 e. The van der Waals surface area contributed by atoms with E-state index >= 15 is 4.39 Å². The van der Waals surface area contributed by atoms with Crippen LogP contribution in [0, 0.1) is 5.82 Å². The lowest BCUT2D eigenvalue weighted by atomic mass is 9.92. The zero-order valence-corrected chi connectivity index (χ0v) is 20.9. The Labute approximate surface area is 218 Å². The molecule has 4 aromatic rings. The Hall–Kier alpha value is -3.16. The summed E-state index contributed by atoms with van der Waals surface area (Å²) >= 11 is 1.16. The molecule has 200 valence electrons. The molecule has 38 heavy (non-hydrogen) atoms. The van der Waals surface area contributed by atoms with E-state index < -0.39 is 17.6 Å². The van der Waals surface area contributed by atoms with Crippen molar-refractivity contribution >= 4 is 26.8 Å². The van der Waals surface area contributed by atoms with Crippen molar-refractivity contribution in [2.45, 2.75) is 49.9 Å². The van der Waals surface area contributed by atoms with Gasteiger partial charge in [-0.15, -0.1) is 0 Å². The van der Waals surface area contributed by atoms with Crippen LogP contribution in [0.4, 0.5) is 22.7 Å². The topological polar surface area (TPSA) is 98.0 Å². The summed E-state index contributed by atoms with van der Waals surface area (Å²) in [5.74, 6) is -0.718. The van der Waals surface area contributed by atoms with Crippen LogP contribution in [0.2, 0.25) is 0 Å². The summed E-state index contributed by atoms with van der Waals surface area (Å²) in [7, 11) is 0. The van der Waals surface area contributed by atoms with Crippen molar-refractivity contribution in [1.29, 1.82) is 0 Å². The second-order valence-corrected chi connectivity index (χ2v) is 10.5. The zero-order chi connectivity index (χ0) is 26.4. The minimum Gasteiger partial charge on any atom is -0.395 e. The second kappa shape index (κ2) is 9.86. The van der Waals surface area contributed by atoms with Gasteiger partial charge < -0.3 is 15.2 Å². The Kier molecular flexibility index (Phi) is 6.52. The normalized spacial score (nSPS) is 20.2. The van der Waals surface area contributed by atoms with Gasteiger partial charge in [-0.2, -0.15) is 23.3 Å². The van der Waals surface area contributed by atoms with Gasteiger partial charge in [-0.3, -0.25) is 4.68 Å². The first-order chi connectivity index (χ1) is 18.3. The minimum atomic E-state index is -4.66. The Balaban J connectivity index is 1.38. The minimum absolute atomic E-state index is 0.0571. The predicted octanol–water partition coefficient (Wildman–Crippen LogP) is 5.48. The Bertz CT molecular complexity index is 1470. The highest BCUT2D eigenvalue weighted by atomic mass is 32.1. The van der Waals surface area contributed by atoms with Crippen LogP contribution in [0.15, 0.2) is 30.6 Å². The molecule has 8 nitrogen and oxygen atoms in total. The summed E-state index contributed by atoms with van der Waals surface area (Å²) in [6, 6.07) is 2.88. The number of anilines is 1. The van der Waals surface area contributed by atoms with Crippen LogP contribution in [-0.2, 0) is 10.9 Å². The molecule has 0 bridgehead atoms. The van der Waals surface area contributed by atoms with Gasteiger partial charge in [-0.1, -0.05) is 11.3 Å². The third-order valence-electron chi connectivity index (χ3n) is 6.77. The summed E-state index contributed by atoms with van der Waals surface area (Å²) < 4.78 is 63.0. The van der Waals surface area contributed by atoms with Gasteiger partial charge in [0.25, 0.3) is 0 Å². The van der Waals surface area contributed by atoms with E-state index in [0.29, 0.717) is 52.9 Å². The SMILES string of the molecule is OCCNc1nc2nc([C@H]3CCO[C@@H](c4cnn(C5CC5)c4)C3)nc(-c3ccc(C(F)(F)F)cc3F)c2s1. The van der Waals surface area contributed by atoms with Crippen molar-refractivity contribution in [3.05, 3.63) is 53.4 Å². The van der Waals surface area contributed by atoms with Crippen molar-refractivity contribution in [2.75, 3.05) is 25.1 Å². The van der Waals surface area contributed by atoms with E-state index in [1.807, 2.05) is 17.1 Å². The molecule has 1 aliphatic carbocycles. The highest BCUT2D eigenvalue weighted by molar-refractivity contribution is 7.22. The van der Waals surface area contributed by atoms with Crippen LogP contribution in [0.1, 0.15) is 60.7 Å². The zero-order valence-electron chi connectivity index (χ0n) is 20.1. The van der Waals surface area contributed by atoms with E-state index in [2.05, 4.69) is 20.4 Å². The number of thiazole rings is 1. The molecule has 6 rings (SSSR count). The molecule has 3 aromatic heterocycles. The molecule has 0 radical (unpaired) electrons. The summed E-state index contributed by atoms with van der Waals surface area (Å²) in [6.07, 6.45) is 2.41. The second-order valence-electron chi connectivity index (χ2n) is 9.51. The smallest absolute Gasteiger partial charge is 0.395 e. The average Bonchev–Trinajstić information content (AvgIpc) is 3.47. The number of hydrogen-bond acceptors (Lipinski definition) is 8. The summed E-state index contributed by atoms with van der Waals surface area (Å²) in [5.41, 5.74) is 0.353. The molecule has 0 spiro atoms. The van der Waals surface area contributed by atoms with Crippen LogP contribution < -0.4 is 5.32 Å². The van der Waals surface area contributed by atoms with Crippen molar-refractivity contribution < 1.29 is 27.4 Å². The Morgan fingerprint density at radius 3 is 2.74 bits per heavy atom. The Morgan fingerprint density at radius 1 is 1.16 bits per heavy atom. The number of aliphatic hydroxyl groups is 1. The number of benzene rings is 1. The molecule has 0 unspecified atom stereocenters. The van der Waals surface area contributed by atoms with Crippen LogP contribution in [0.3, 0.4) is 0 Å². The fraction of sp³-hybridized carbons (Fsp3) is 0.440. The number of hydrogen-bond donors (Lipinski definition) is 2. The predicted molar refractivity (Wildman–Crippen MR) is 132 cm³/mol. The van der Waals surface area contributed by atoms with Crippen LogP contribution >= 0.6 is 11.3 Å². The van der Waals surface area contributed by atoms with Gasteiger partial charge in [0.05, 0.1) is 36.2 Å². The third-order valence-corrected chi connectivity index (χ3v) is 7.78. The van der Waals surface area contributed by atoms with Crippen molar-refractivity contribution in [1.82, 2.24) is 24.7 Å². The number of alkyl halides is 3. The molecule has 2 N–H and O–H groups in total. The molecule has 1 saturated carbocycles. The quantitative estimate of drug-likeness (QED) is 0.295. The van der Waals surface area contributed by atoms with E-state index in [4.69, 9.17) is 14.8 Å². The number of ether oxygens (including phenoxy) is 1. The maximum absolute atomic E-state index is 15.1. The van der Waals surface area contributed by atoms with Gasteiger partial charge in [0, 0.05) is 36.4 Å². The van der Waals surface area contributed by atoms with Crippen LogP contribution in [0.25, 0.3) is 21.6 Å². The molecule has 2 atom stereocenters. The number of halogens is 4. The monoisotopic (exact) mass is 548 g/mol. The number of fused-ring (bicyclic) bond motifs is 1. The first-order valence-corrected chi connectivity index (χ1v) is 13.2. The maximum atomic E-state index is 15.1. The van der Waals surface area contributed by atoms with Gasteiger partial charge in [0.1, 0.15) is 16.3 Å².